The van der Waals surface area contributed by atoms with Crippen LogP contribution in [0.3, 0.4) is 0 Å². The van der Waals surface area contributed by atoms with E-state index in [2.05, 4.69) is 24.2 Å². The third kappa shape index (κ3) is 3.93. The van der Waals surface area contributed by atoms with Crippen molar-refractivity contribution in [3.05, 3.63) is 29.3 Å². The Morgan fingerprint density at radius 1 is 1.53 bits per heavy atom. The predicted octanol–water partition coefficient (Wildman–Crippen LogP) is 4.27. The van der Waals surface area contributed by atoms with Gasteiger partial charge in [0.15, 0.2) is 5.17 Å². The number of hydrogen-bond acceptors (Lipinski definition) is 3. The second-order valence-electron chi connectivity index (χ2n) is 4.65. The normalized spacial score (nSPS) is 19.5. The Morgan fingerprint density at radius 3 is 3.06 bits per heavy atom. The first-order valence-electron chi connectivity index (χ1n) is 5.87. The quantitative estimate of drug-likeness (QED) is 0.885. The number of hydrogen-bond donors (Lipinski definition) is 1. The van der Waals surface area contributed by atoms with Gasteiger partial charge in [-0.15, -0.1) is 0 Å². The van der Waals surface area contributed by atoms with Gasteiger partial charge in [0.25, 0.3) is 0 Å². The number of nitrogens with zero attached hydrogens (tertiary/aromatic N) is 1. The highest BCUT2D eigenvalue weighted by atomic mass is 35.5. The van der Waals surface area contributed by atoms with E-state index in [4.69, 9.17) is 11.6 Å². The van der Waals surface area contributed by atoms with E-state index in [-0.39, 0.29) is 0 Å². The van der Waals surface area contributed by atoms with Gasteiger partial charge in [0.05, 0.1) is 6.54 Å². The summed E-state index contributed by atoms with van der Waals surface area (Å²) in [6.07, 6.45) is 1.22. The second kappa shape index (κ2) is 5.78. The van der Waals surface area contributed by atoms with Crippen LogP contribution in [0.15, 0.2) is 29.3 Å². The molecule has 0 amide bonds. The molecule has 1 aliphatic rings. The zero-order valence-electron chi connectivity index (χ0n) is 10.1. The van der Waals surface area contributed by atoms with Crippen molar-refractivity contribution in [1.29, 1.82) is 0 Å². The van der Waals surface area contributed by atoms with Crippen molar-refractivity contribution in [3.8, 4) is 0 Å². The van der Waals surface area contributed by atoms with Gasteiger partial charge >= 0.3 is 0 Å². The number of nitrogens with one attached hydrogen (secondary N) is 1. The largest absolute Gasteiger partial charge is 0.335 e. The molecule has 1 aromatic rings. The molecule has 1 aromatic carbocycles. The van der Waals surface area contributed by atoms with Gasteiger partial charge in [-0.2, -0.15) is 0 Å². The first-order chi connectivity index (χ1) is 8.13. The highest BCUT2D eigenvalue weighted by molar-refractivity contribution is 8.15. The maximum absolute atomic E-state index is 5.94. The lowest BCUT2D eigenvalue weighted by atomic mass is 10.1. The summed E-state index contributed by atoms with van der Waals surface area (Å²) in [5.74, 6) is 0.730. The van der Waals surface area contributed by atoms with E-state index in [0.29, 0.717) is 5.25 Å². The van der Waals surface area contributed by atoms with E-state index in [9.17, 15) is 0 Å². The number of thioether (sulfide) groups is 1. The summed E-state index contributed by atoms with van der Waals surface area (Å²) in [7, 11) is 0. The highest BCUT2D eigenvalue weighted by Gasteiger charge is 2.20. The Hall–Kier alpha value is -0.670. The molecule has 4 heteroatoms. The first-order valence-corrected chi connectivity index (χ1v) is 7.13. The minimum atomic E-state index is 0.622. The molecule has 92 valence electrons. The number of halogens is 1. The predicted molar refractivity (Wildman–Crippen MR) is 78.2 cm³/mol. The molecular weight excluding hydrogens is 252 g/mol. The molecule has 17 heavy (non-hydrogen) atoms. The van der Waals surface area contributed by atoms with E-state index in [1.54, 1.807) is 0 Å². The fraction of sp³-hybridized carbons (Fsp3) is 0.462. The zero-order chi connectivity index (χ0) is 12.3. The first kappa shape index (κ1) is 12.8. The summed E-state index contributed by atoms with van der Waals surface area (Å²) >= 11 is 7.78. The lowest BCUT2D eigenvalue weighted by molar-refractivity contribution is 0.575. The molecule has 0 radical (unpaired) electrons. The standard InChI is InChI=1S/C13H17ClN2S/c1-9(2)6-12-8-15-13(17-12)16-11-5-3-4-10(14)7-11/h3-5,7,9,12H,6,8H2,1-2H3,(H,15,16). The van der Waals surface area contributed by atoms with Gasteiger partial charge in [0.2, 0.25) is 0 Å². The summed E-state index contributed by atoms with van der Waals surface area (Å²) in [6, 6.07) is 7.74. The fourth-order valence-corrected chi connectivity index (χ4v) is 3.29. The average Bonchev–Trinajstić information content (AvgIpc) is 2.64. The van der Waals surface area contributed by atoms with Crippen molar-refractivity contribution in [1.82, 2.24) is 0 Å². The molecule has 1 atom stereocenters. The van der Waals surface area contributed by atoms with Gasteiger partial charge < -0.3 is 5.32 Å². The van der Waals surface area contributed by atoms with Gasteiger partial charge in [-0.05, 0) is 30.5 Å². The number of amidine groups is 1. The summed E-state index contributed by atoms with van der Waals surface area (Å²) < 4.78 is 0. The van der Waals surface area contributed by atoms with E-state index in [1.807, 2.05) is 36.0 Å². The van der Waals surface area contributed by atoms with Crippen LogP contribution >= 0.6 is 23.4 Å². The van der Waals surface area contributed by atoms with Crippen LogP contribution in [-0.4, -0.2) is 17.0 Å². The Balaban J connectivity index is 1.89. The SMILES string of the molecule is CC(C)CC1CN=C(Nc2cccc(Cl)c2)S1. The third-order valence-electron chi connectivity index (χ3n) is 2.53. The Morgan fingerprint density at radius 2 is 2.35 bits per heavy atom. The fourth-order valence-electron chi connectivity index (χ4n) is 1.82. The van der Waals surface area contributed by atoms with Crippen molar-refractivity contribution in [2.75, 3.05) is 11.9 Å². The summed E-state index contributed by atoms with van der Waals surface area (Å²) in [5.41, 5.74) is 1.01. The molecule has 0 aliphatic carbocycles. The number of aliphatic imine (C=N–C) groups is 1. The lowest BCUT2D eigenvalue weighted by Gasteiger charge is -2.11. The lowest BCUT2D eigenvalue weighted by Crippen LogP contribution is -2.09. The van der Waals surface area contributed by atoms with Crippen LogP contribution < -0.4 is 5.32 Å². The maximum atomic E-state index is 5.94. The van der Waals surface area contributed by atoms with Gasteiger partial charge in [-0.25, -0.2) is 0 Å². The molecule has 0 bridgehead atoms. The van der Waals surface area contributed by atoms with E-state index >= 15 is 0 Å². The van der Waals surface area contributed by atoms with Crippen LogP contribution in [0.4, 0.5) is 5.69 Å². The molecule has 0 fully saturated rings. The molecular formula is C13H17ClN2S. The van der Waals surface area contributed by atoms with Crippen LogP contribution in [0, 0.1) is 5.92 Å². The monoisotopic (exact) mass is 268 g/mol. The minimum Gasteiger partial charge on any atom is -0.335 e. The second-order valence-corrected chi connectivity index (χ2v) is 6.38. The molecule has 0 aromatic heterocycles. The summed E-state index contributed by atoms with van der Waals surface area (Å²) in [6.45, 7) is 5.43. The molecule has 0 spiro atoms. The highest BCUT2D eigenvalue weighted by Crippen LogP contribution is 2.27. The van der Waals surface area contributed by atoms with E-state index in [0.717, 1.165) is 28.3 Å². The number of rotatable bonds is 3. The van der Waals surface area contributed by atoms with Gasteiger partial charge in [0.1, 0.15) is 0 Å². The molecule has 1 heterocycles. The number of benzene rings is 1. The molecule has 1 aliphatic heterocycles. The van der Waals surface area contributed by atoms with E-state index in [1.165, 1.54) is 6.42 Å². The molecule has 2 nitrogen and oxygen atoms in total. The smallest absolute Gasteiger partial charge is 0.161 e. The molecule has 2 rings (SSSR count). The molecule has 0 saturated heterocycles. The van der Waals surface area contributed by atoms with Crippen LogP contribution in [-0.2, 0) is 0 Å². The molecule has 1 N–H and O–H groups in total. The number of anilines is 1. The third-order valence-corrected chi connectivity index (χ3v) is 3.89. The summed E-state index contributed by atoms with van der Waals surface area (Å²) in [5, 5.41) is 5.69. The van der Waals surface area contributed by atoms with Crippen LogP contribution in [0.1, 0.15) is 20.3 Å². The Labute approximate surface area is 112 Å². The van der Waals surface area contributed by atoms with Gasteiger partial charge in [-0.3, -0.25) is 4.99 Å². The zero-order valence-corrected chi connectivity index (χ0v) is 11.7. The maximum Gasteiger partial charge on any atom is 0.161 e. The molecule has 0 saturated carbocycles. The molecule has 1 unspecified atom stereocenters. The average molecular weight is 269 g/mol. The van der Waals surface area contributed by atoms with Crippen molar-refractivity contribution < 1.29 is 0 Å². The summed E-state index contributed by atoms with van der Waals surface area (Å²) in [4.78, 5) is 4.52. The Kier molecular flexibility index (Phi) is 4.35. The van der Waals surface area contributed by atoms with Crippen molar-refractivity contribution in [2.45, 2.75) is 25.5 Å². The van der Waals surface area contributed by atoms with Gasteiger partial charge in [-0.1, -0.05) is 43.3 Å². The Bertz CT molecular complexity index is 418. The topological polar surface area (TPSA) is 24.4 Å². The van der Waals surface area contributed by atoms with Crippen LogP contribution in [0.2, 0.25) is 5.02 Å². The van der Waals surface area contributed by atoms with Crippen molar-refractivity contribution in [2.24, 2.45) is 10.9 Å². The van der Waals surface area contributed by atoms with E-state index < -0.39 is 0 Å². The van der Waals surface area contributed by atoms with Crippen LogP contribution in [0.5, 0.6) is 0 Å². The van der Waals surface area contributed by atoms with Crippen LogP contribution in [0.25, 0.3) is 0 Å². The van der Waals surface area contributed by atoms with Crippen molar-refractivity contribution in [3.63, 3.8) is 0 Å². The van der Waals surface area contributed by atoms with Crippen molar-refractivity contribution >= 4 is 34.2 Å². The van der Waals surface area contributed by atoms with Gasteiger partial charge in [0, 0.05) is 16.0 Å². The minimum absolute atomic E-state index is 0.622.